The van der Waals surface area contributed by atoms with Crippen molar-refractivity contribution in [3.63, 3.8) is 0 Å². The van der Waals surface area contributed by atoms with E-state index in [9.17, 15) is 14.4 Å². The van der Waals surface area contributed by atoms with Crippen LogP contribution in [0.5, 0.6) is 0 Å². The molecule has 0 atom stereocenters. The second-order valence-electron chi connectivity index (χ2n) is 17.3. The van der Waals surface area contributed by atoms with E-state index in [4.69, 9.17) is 63.8 Å². The van der Waals surface area contributed by atoms with Crippen molar-refractivity contribution < 1.29 is 43.9 Å². The van der Waals surface area contributed by atoms with E-state index in [1.54, 1.807) is 61.6 Å². The molecule has 0 bridgehead atoms. The fraction of sp³-hybridized carbons (Fsp3) is 0.131. The molecule has 0 saturated carbocycles. The SMILES string of the molecule is CN(CC(=O)c1ccccc1)c1nc(Cl)nc2ccccc12.CN(N)c1nc(Cl)nc2ccccc12.CNN.CSc1nc(N(C)CC(=O)c2ccccc2)c2ccccc2n1.C[S-].Clc1nc(Cl)c2ccccc2n1.O=C(Cl)c1ccccc1.[Na+]. The Morgan fingerprint density at radius 1 is 0.465 bits per heavy atom. The minimum absolute atomic E-state index is 0. The van der Waals surface area contributed by atoms with Crippen molar-refractivity contribution >= 4 is 160 Å². The van der Waals surface area contributed by atoms with E-state index in [1.165, 1.54) is 16.8 Å². The zero-order chi connectivity index (χ0) is 61.8. The first kappa shape index (κ1) is 71.8. The molecule has 17 nitrogen and oxygen atoms in total. The number of nitrogens with two attached hydrogens (primary N) is 2. The van der Waals surface area contributed by atoms with Crippen LogP contribution in [0.15, 0.2) is 193 Å². The van der Waals surface area contributed by atoms with Gasteiger partial charge in [-0.15, -0.1) is 0 Å². The number of hydrogen-bond acceptors (Lipinski definition) is 19. The number of benzene rings is 7. The molecule has 0 unspecified atom stereocenters. The number of aromatic nitrogens is 8. The second-order valence-corrected chi connectivity index (χ2v) is 19.8. The molecule has 25 heteroatoms. The summed E-state index contributed by atoms with van der Waals surface area (Å²) in [7, 11) is 7.08. The van der Waals surface area contributed by atoms with Gasteiger partial charge in [0.25, 0.3) is 5.24 Å². The van der Waals surface area contributed by atoms with Crippen molar-refractivity contribution in [3.8, 4) is 0 Å². The molecule has 7 aromatic carbocycles. The minimum atomic E-state index is -0.407. The van der Waals surface area contributed by atoms with E-state index >= 15 is 0 Å². The quantitative estimate of drug-likeness (QED) is 0.0126. The Bertz CT molecular complexity index is 3930. The van der Waals surface area contributed by atoms with Crippen molar-refractivity contribution in [2.24, 2.45) is 11.7 Å². The zero-order valence-electron chi connectivity index (χ0n) is 47.8. The molecule has 4 aromatic heterocycles. The third-order valence-electron chi connectivity index (χ3n) is 11.4. The number of nitrogens with zero attached hydrogens (tertiary/aromatic N) is 11. The number of Topliss-reactive ketones (excluding diaryl/α,β-unsaturated/α-hetero) is 2. The van der Waals surface area contributed by atoms with E-state index in [2.05, 4.69) is 63.8 Å². The number of carbonyl (C=O) groups is 3. The van der Waals surface area contributed by atoms with Crippen molar-refractivity contribution in [1.29, 1.82) is 0 Å². The molecule has 0 radical (unpaired) electrons. The average Bonchev–Trinajstić information content (AvgIpc) is 2.56. The van der Waals surface area contributed by atoms with Gasteiger partial charge < -0.3 is 22.4 Å². The normalized spacial score (nSPS) is 9.98. The number of thioether (sulfide) groups is 1. The number of nitrogens with one attached hydrogen (secondary N) is 1. The number of fused-ring (bicyclic) bond motifs is 4. The number of para-hydroxylation sites is 4. The van der Waals surface area contributed by atoms with Gasteiger partial charge in [0.2, 0.25) is 15.9 Å². The minimum Gasteiger partial charge on any atom is -0.796 e. The van der Waals surface area contributed by atoms with Crippen LogP contribution in [0.3, 0.4) is 0 Å². The van der Waals surface area contributed by atoms with Crippen LogP contribution >= 0.6 is 69.8 Å². The van der Waals surface area contributed by atoms with Crippen molar-refractivity contribution in [3.05, 3.63) is 226 Å². The Hall–Kier alpha value is -6.66. The Balaban J connectivity index is 0.000000233. The van der Waals surface area contributed by atoms with Gasteiger partial charge in [-0.3, -0.25) is 30.7 Å². The van der Waals surface area contributed by atoms with Gasteiger partial charge in [0.15, 0.2) is 22.5 Å². The van der Waals surface area contributed by atoms with Gasteiger partial charge in [-0.05, 0) is 108 Å². The number of halogens is 5. The number of rotatable bonds is 11. The van der Waals surface area contributed by atoms with Crippen LogP contribution in [0.25, 0.3) is 43.6 Å². The number of carbonyl (C=O) groups excluding carboxylic acids is 3. The molecule has 11 aromatic rings. The second kappa shape index (κ2) is 37.8. The van der Waals surface area contributed by atoms with E-state index in [0.29, 0.717) is 38.6 Å². The smallest absolute Gasteiger partial charge is 0.796 e. The molecule has 0 aliphatic carbocycles. The monoisotopic (exact) mass is 1300 g/mol. The maximum atomic E-state index is 12.4. The first-order valence-corrected chi connectivity index (χ1v) is 29.3. The standard InChI is InChI=1S/C18H17N3OS.C17H14ClN3O.C9H9ClN4.C8H4Cl2N2.C7H5ClO.CH6N2.CH4S.Na/c1-21(12-16(22)13-8-4-3-5-9-13)17-14-10-6-7-11-15(14)19-18(20-17)23-2;1-21(11-15(22)12-7-3-2-4-8-12)16-13-9-5-6-10-14(13)19-17(18)20-16;1-14(11)8-6-4-2-3-5-7(6)12-9(10)13-8;9-7-5-3-1-2-4-6(5)11-8(10)12-7;8-7(9)6-4-2-1-3-5-6;1-3-2;1-2;/h3-11H,12H2,1-2H3;2-10H,11H2,1H3;2-5H,11H2,1H3;1-4H;1-5H;3H,2H2,1H3;2H,1H3;/q;;;;;;;+1/p-1. The fourth-order valence-electron chi connectivity index (χ4n) is 7.64. The third-order valence-corrected chi connectivity index (χ3v) is 13.0. The van der Waals surface area contributed by atoms with Crippen molar-refractivity contribution in [1.82, 2.24) is 45.3 Å². The summed E-state index contributed by atoms with van der Waals surface area (Å²) in [6, 6.07) is 57.8. The number of anilines is 3. The van der Waals surface area contributed by atoms with Gasteiger partial charge in [0, 0.05) is 59.4 Å². The number of ketones is 2. The number of hydrazine groups is 2. The molecular formula is C61H58Cl5N14NaO3S2. The van der Waals surface area contributed by atoms with Gasteiger partial charge in [0.05, 0.1) is 35.2 Å². The van der Waals surface area contributed by atoms with Crippen LogP contribution in [-0.4, -0.2) is 110 Å². The van der Waals surface area contributed by atoms with E-state index < -0.39 is 5.24 Å². The summed E-state index contributed by atoms with van der Waals surface area (Å²) in [5.74, 6) is 12.4. The molecule has 0 aliphatic rings. The Morgan fingerprint density at radius 2 is 0.767 bits per heavy atom. The fourth-order valence-corrected chi connectivity index (χ4v) is 8.93. The summed E-state index contributed by atoms with van der Waals surface area (Å²) in [5, 5.41) is 6.21. The van der Waals surface area contributed by atoms with Gasteiger partial charge in [-0.25, -0.2) is 35.7 Å². The van der Waals surface area contributed by atoms with Crippen LogP contribution in [0.4, 0.5) is 17.5 Å². The predicted molar refractivity (Wildman–Crippen MR) is 354 cm³/mol. The molecule has 0 aliphatic heterocycles. The molecule has 0 saturated heterocycles. The Kier molecular flexibility index (Phi) is 31.6. The third kappa shape index (κ3) is 21.9. The van der Waals surface area contributed by atoms with E-state index in [0.717, 1.165) is 49.4 Å². The van der Waals surface area contributed by atoms with Crippen LogP contribution in [0.1, 0.15) is 31.1 Å². The van der Waals surface area contributed by atoms with Gasteiger partial charge >= 0.3 is 29.6 Å². The molecule has 4 heterocycles. The molecule has 5 N–H and O–H groups in total. The van der Waals surface area contributed by atoms with Crippen molar-refractivity contribution in [2.45, 2.75) is 5.16 Å². The van der Waals surface area contributed by atoms with Gasteiger partial charge in [-0.2, -0.15) is 16.2 Å². The van der Waals surface area contributed by atoms with Crippen LogP contribution in [-0.2, 0) is 12.6 Å². The van der Waals surface area contributed by atoms with Crippen LogP contribution < -0.4 is 61.5 Å². The topological polar surface area (TPSA) is 228 Å². The van der Waals surface area contributed by atoms with Gasteiger partial charge in [0.1, 0.15) is 16.8 Å². The summed E-state index contributed by atoms with van der Waals surface area (Å²) in [6.07, 6.45) is 3.53. The Labute approximate surface area is 555 Å². The maximum Gasteiger partial charge on any atom is 1.00 e. The first-order chi connectivity index (χ1) is 41.0. The number of likely N-dealkylation sites (N-methyl/N-ethyl adjacent to an activating group) is 2. The summed E-state index contributed by atoms with van der Waals surface area (Å²) in [6.45, 7) is 0.500. The van der Waals surface area contributed by atoms with E-state index in [-0.39, 0.29) is 70.1 Å². The molecule has 0 fully saturated rings. The first-order valence-electron chi connectivity index (χ1n) is 25.3. The summed E-state index contributed by atoms with van der Waals surface area (Å²) in [5.41, 5.74) is 7.39. The maximum absolute atomic E-state index is 12.4. The number of hydrogen-bond donors (Lipinski definition) is 3. The van der Waals surface area contributed by atoms with Gasteiger partial charge in [-0.1, -0.05) is 163 Å². The largest absolute Gasteiger partial charge is 1.00 e. The summed E-state index contributed by atoms with van der Waals surface area (Å²) in [4.78, 5) is 72.4. The zero-order valence-corrected chi connectivity index (χ0v) is 55.2. The molecule has 0 amide bonds. The average molecular weight is 1300 g/mol. The molecule has 11 rings (SSSR count). The van der Waals surface area contributed by atoms with Crippen molar-refractivity contribution in [2.75, 3.05) is 68.6 Å². The molecule has 86 heavy (non-hydrogen) atoms. The molecule has 438 valence electrons. The summed E-state index contributed by atoms with van der Waals surface area (Å²) < 4.78 is 0. The Morgan fingerprint density at radius 3 is 1.14 bits per heavy atom. The van der Waals surface area contributed by atoms with Crippen LogP contribution in [0.2, 0.25) is 21.0 Å². The predicted octanol–water partition coefficient (Wildman–Crippen LogP) is 10.1. The van der Waals surface area contributed by atoms with Crippen LogP contribution in [0, 0.1) is 0 Å². The summed E-state index contributed by atoms with van der Waals surface area (Å²) >= 11 is 33.9. The van der Waals surface area contributed by atoms with E-state index in [1.807, 2.05) is 177 Å². The molecular weight excluding hydrogens is 1240 g/mol. The molecule has 0 spiro atoms.